The van der Waals surface area contributed by atoms with Crippen molar-refractivity contribution in [3.63, 3.8) is 0 Å². The number of aromatic nitrogens is 4. The highest BCUT2D eigenvalue weighted by atomic mass is 16.1. The highest BCUT2D eigenvalue weighted by Gasteiger charge is 2.22. The van der Waals surface area contributed by atoms with E-state index >= 15 is 0 Å². The third-order valence-corrected chi connectivity index (χ3v) is 4.78. The zero-order chi connectivity index (χ0) is 17.9. The fraction of sp³-hybridized carbons (Fsp3) is 0.368. The summed E-state index contributed by atoms with van der Waals surface area (Å²) in [6, 6.07) is 12.0. The van der Waals surface area contributed by atoms with E-state index in [2.05, 4.69) is 14.9 Å². The minimum atomic E-state index is -0.219. The van der Waals surface area contributed by atoms with E-state index < -0.39 is 0 Å². The standard InChI is InChI=1S/C19H20N6O/c20-9-12-24-14-21-17-16(18(24)26)25(13-15-7-3-1-4-8-15)19(22-17)23-10-5-2-6-11-23/h1,3-4,7-8,14H,2,5-6,10-13H2. The minimum absolute atomic E-state index is 0.0165. The molecule has 1 saturated heterocycles. The van der Waals surface area contributed by atoms with Crippen molar-refractivity contribution in [2.75, 3.05) is 18.0 Å². The van der Waals surface area contributed by atoms with Gasteiger partial charge in [0, 0.05) is 13.1 Å². The van der Waals surface area contributed by atoms with Gasteiger partial charge in [-0.05, 0) is 24.8 Å². The summed E-state index contributed by atoms with van der Waals surface area (Å²) in [6.07, 6.45) is 4.89. The van der Waals surface area contributed by atoms with Crippen LogP contribution in [-0.2, 0) is 13.1 Å². The molecular formula is C19H20N6O. The predicted molar refractivity (Wildman–Crippen MR) is 99.0 cm³/mol. The van der Waals surface area contributed by atoms with Crippen LogP contribution >= 0.6 is 0 Å². The quantitative estimate of drug-likeness (QED) is 0.722. The van der Waals surface area contributed by atoms with Crippen molar-refractivity contribution in [2.45, 2.75) is 32.4 Å². The van der Waals surface area contributed by atoms with Gasteiger partial charge in [-0.1, -0.05) is 30.3 Å². The normalized spacial score (nSPS) is 14.5. The van der Waals surface area contributed by atoms with Crippen molar-refractivity contribution in [2.24, 2.45) is 0 Å². The smallest absolute Gasteiger partial charge is 0.280 e. The Morgan fingerprint density at radius 2 is 1.88 bits per heavy atom. The zero-order valence-electron chi connectivity index (χ0n) is 14.5. The van der Waals surface area contributed by atoms with Crippen LogP contribution in [0.5, 0.6) is 0 Å². The molecule has 0 spiro atoms. The van der Waals surface area contributed by atoms with Gasteiger partial charge >= 0.3 is 0 Å². The number of imidazole rings is 1. The van der Waals surface area contributed by atoms with Gasteiger partial charge in [0.2, 0.25) is 5.95 Å². The van der Waals surface area contributed by atoms with Crippen LogP contribution in [0.4, 0.5) is 5.95 Å². The maximum Gasteiger partial charge on any atom is 0.280 e. The van der Waals surface area contributed by atoms with E-state index in [4.69, 9.17) is 5.26 Å². The van der Waals surface area contributed by atoms with Crippen LogP contribution in [0.15, 0.2) is 41.5 Å². The Bertz CT molecular complexity index is 1010. The van der Waals surface area contributed by atoms with E-state index in [0.717, 1.165) is 37.4 Å². The Kier molecular flexibility index (Phi) is 4.40. The number of fused-ring (bicyclic) bond motifs is 1. The second-order valence-electron chi connectivity index (χ2n) is 6.54. The van der Waals surface area contributed by atoms with Gasteiger partial charge in [0.1, 0.15) is 12.9 Å². The summed E-state index contributed by atoms with van der Waals surface area (Å²) in [4.78, 5) is 24.2. The second-order valence-corrected chi connectivity index (χ2v) is 6.54. The van der Waals surface area contributed by atoms with Crippen LogP contribution in [0.1, 0.15) is 24.8 Å². The van der Waals surface area contributed by atoms with Crippen LogP contribution in [0, 0.1) is 11.3 Å². The number of hydrogen-bond donors (Lipinski definition) is 0. The van der Waals surface area contributed by atoms with Crippen molar-refractivity contribution in [1.29, 1.82) is 5.26 Å². The summed E-state index contributed by atoms with van der Waals surface area (Å²) >= 11 is 0. The van der Waals surface area contributed by atoms with E-state index in [1.807, 2.05) is 41.0 Å². The molecule has 0 bridgehead atoms. The zero-order valence-corrected chi connectivity index (χ0v) is 14.5. The first-order valence-electron chi connectivity index (χ1n) is 8.89. The van der Waals surface area contributed by atoms with Gasteiger partial charge in [0.05, 0.1) is 12.6 Å². The lowest BCUT2D eigenvalue weighted by Gasteiger charge is -2.28. The molecule has 0 atom stereocenters. The van der Waals surface area contributed by atoms with Gasteiger partial charge in [0.25, 0.3) is 5.56 Å². The van der Waals surface area contributed by atoms with E-state index in [1.165, 1.54) is 17.3 Å². The average molecular weight is 348 g/mol. The van der Waals surface area contributed by atoms with Gasteiger partial charge in [-0.15, -0.1) is 0 Å². The van der Waals surface area contributed by atoms with Crippen LogP contribution < -0.4 is 10.5 Å². The van der Waals surface area contributed by atoms with Gasteiger partial charge in [-0.2, -0.15) is 10.2 Å². The largest absolute Gasteiger partial charge is 0.342 e. The second kappa shape index (κ2) is 7.00. The van der Waals surface area contributed by atoms with E-state index in [9.17, 15) is 4.79 Å². The lowest BCUT2D eigenvalue weighted by atomic mass is 10.1. The van der Waals surface area contributed by atoms with E-state index in [-0.39, 0.29) is 12.1 Å². The minimum Gasteiger partial charge on any atom is -0.342 e. The molecule has 7 nitrogen and oxygen atoms in total. The third-order valence-electron chi connectivity index (χ3n) is 4.78. The molecule has 3 heterocycles. The van der Waals surface area contributed by atoms with Gasteiger partial charge < -0.3 is 4.90 Å². The SMILES string of the molecule is N#CCn1cnc2nc(N3CCCCC3)n(Cc3ccccc3)c2c1=O. The molecule has 1 fully saturated rings. The first kappa shape index (κ1) is 16.3. The molecule has 0 saturated carbocycles. The van der Waals surface area contributed by atoms with E-state index in [1.54, 1.807) is 0 Å². The Morgan fingerprint density at radius 1 is 1.12 bits per heavy atom. The molecule has 0 radical (unpaired) electrons. The molecule has 0 N–H and O–H groups in total. The number of nitrogens with zero attached hydrogens (tertiary/aromatic N) is 6. The summed E-state index contributed by atoms with van der Waals surface area (Å²) in [5.74, 6) is 0.794. The highest BCUT2D eigenvalue weighted by Crippen LogP contribution is 2.23. The first-order chi connectivity index (χ1) is 12.8. The number of rotatable bonds is 4. The number of hydrogen-bond acceptors (Lipinski definition) is 5. The molecule has 1 aliphatic rings. The third kappa shape index (κ3) is 2.94. The molecule has 1 aromatic carbocycles. The summed E-state index contributed by atoms with van der Waals surface area (Å²) in [7, 11) is 0. The number of anilines is 1. The summed E-state index contributed by atoms with van der Waals surface area (Å²) in [5.41, 5.74) is 1.79. The molecule has 3 aromatic rings. The topological polar surface area (TPSA) is 79.7 Å². The molecule has 1 aliphatic heterocycles. The van der Waals surface area contributed by atoms with Crippen LogP contribution in [0.2, 0.25) is 0 Å². The predicted octanol–water partition coefficient (Wildman–Crippen LogP) is 2.16. The molecule has 7 heteroatoms. The van der Waals surface area contributed by atoms with Crippen molar-refractivity contribution in [3.8, 4) is 6.07 Å². The summed E-state index contributed by atoms with van der Waals surface area (Å²) in [6.45, 7) is 2.41. The molecule has 132 valence electrons. The van der Waals surface area contributed by atoms with Crippen molar-refractivity contribution in [1.82, 2.24) is 19.1 Å². The van der Waals surface area contributed by atoms with Crippen LogP contribution in [0.3, 0.4) is 0 Å². The lowest BCUT2D eigenvalue weighted by Crippen LogP contribution is -2.32. The number of benzene rings is 1. The Labute approximate surface area is 151 Å². The average Bonchev–Trinajstić information content (AvgIpc) is 3.05. The fourth-order valence-corrected chi connectivity index (χ4v) is 3.48. The van der Waals surface area contributed by atoms with Gasteiger partial charge in [0.15, 0.2) is 11.2 Å². The molecule has 0 amide bonds. The Morgan fingerprint density at radius 3 is 2.62 bits per heavy atom. The maximum absolute atomic E-state index is 12.9. The van der Waals surface area contributed by atoms with Crippen molar-refractivity contribution < 1.29 is 0 Å². The Hall–Kier alpha value is -3.14. The molecular weight excluding hydrogens is 328 g/mol. The summed E-state index contributed by atoms with van der Waals surface area (Å²) in [5, 5.41) is 8.96. The maximum atomic E-state index is 12.9. The molecule has 26 heavy (non-hydrogen) atoms. The molecule has 2 aromatic heterocycles. The molecule has 4 rings (SSSR count). The Balaban J connectivity index is 1.89. The lowest BCUT2D eigenvalue weighted by molar-refractivity contribution is 0.560. The number of nitriles is 1. The van der Waals surface area contributed by atoms with E-state index in [0.29, 0.717) is 17.7 Å². The van der Waals surface area contributed by atoms with Gasteiger partial charge in [-0.3, -0.25) is 13.9 Å². The summed E-state index contributed by atoms with van der Waals surface area (Å²) < 4.78 is 3.30. The van der Waals surface area contributed by atoms with Gasteiger partial charge in [-0.25, -0.2) is 4.98 Å². The first-order valence-corrected chi connectivity index (χ1v) is 8.89. The van der Waals surface area contributed by atoms with Crippen molar-refractivity contribution >= 4 is 17.1 Å². The number of piperidine rings is 1. The molecule has 0 unspecified atom stereocenters. The molecule has 0 aliphatic carbocycles. The monoisotopic (exact) mass is 348 g/mol. The van der Waals surface area contributed by atoms with Crippen LogP contribution in [0.25, 0.3) is 11.2 Å². The highest BCUT2D eigenvalue weighted by molar-refractivity contribution is 5.74. The van der Waals surface area contributed by atoms with Crippen molar-refractivity contribution in [3.05, 3.63) is 52.6 Å². The van der Waals surface area contributed by atoms with Crippen LogP contribution in [-0.4, -0.2) is 32.2 Å². The fourth-order valence-electron chi connectivity index (χ4n) is 3.48.